The second kappa shape index (κ2) is 7.97. The number of hydrogen-bond acceptors (Lipinski definition) is 3. The fourth-order valence-electron chi connectivity index (χ4n) is 2.81. The Bertz CT molecular complexity index is 257. The second-order valence-corrected chi connectivity index (χ2v) is 5.24. The molecule has 2 fully saturated rings. The smallest absolute Gasteiger partial charge is 0.225 e. The van der Waals surface area contributed by atoms with Crippen LogP contribution in [0.15, 0.2) is 0 Å². The molecule has 106 valence electrons. The summed E-state index contributed by atoms with van der Waals surface area (Å²) in [6.45, 7) is 3.70. The third-order valence-corrected chi connectivity index (χ3v) is 3.81. The van der Waals surface area contributed by atoms with Crippen LogP contribution in [0.3, 0.4) is 0 Å². The summed E-state index contributed by atoms with van der Waals surface area (Å²) in [6.07, 6.45) is 5.32. The minimum absolute atomic E-state index is 0. The van der Waals surface area contributed by atoms with Crippen LogP contribution < -0.4 is 5.32 Å². The van der Waals surface area contributed by atoms with Gasteiger partial charge in [-0.1, -0.05) is 0 Å². The van der Waals surface area contributed by atoms with Gasteiger partial charge in [-0.2, -0.15) is 0 Å². The Labute approximate surface area is 116 Å². The largest absolute Gasteiger partial charge is 0.378 e. The Morgan fingerprint density at radius 3 is 2.89 bits per heavy atom. The molecule has 5 heteroatoms. The Balaban J connectivity index is 0.00000162. The summed E-state index contributed by atoms with van der Waals surface area (Å²) in [6, 6.07) is 0. The lowest BCUT2D eigenvalue weighted by molar-refractivity contribution is -0.134. The van der Waals surface area contributed by atoms with Crippen molar-refractivity contribution in [2.24, 2.45) is 5.92 Å². The van der Waals surface area contributed by atoms with Crippen molar-refractivity contribution in [1.29, 1.82) is 0 Å². The van der Waals surface area contributed by atoms with Crippen LogP contribution in [0, 0.1) is 5.92 Å². The summed E-state index contributed by atoms with van der Waals surface area (Å²) in [5.41, 5.74) is 0. The standard InChI is InChI=1S/C13H24N2O2.ClH/c1-14-9-11-5-6-15(10-11)13(16)8-12-4-2-3-7-17-12;/h11-12,14H,2-10H2,1H3;1H. The van der Waals surface area contributed by atoms with E-state index in [0.29, 0.717) is 12.3 Å². The molecule has 0 saturated carbocycles. The van der Waals surface area contributed by atoms with E-state index in [1.165, 1.54) is 6.42 Å². The molecule has 2 heterocycles. The molecule has 2 atom stereocenters. The van der Waals surface area contributed by atoms with Crippen LogP contribution in [-0.2, 0) is 9.53 Å². The number of carbonyl (C=O) groups excluding carboxylic acids is 1. The van der Waals surface area contributed by atoms with Crippen LogP contribution >= 0.6 is 12.4 Å². The number of hydrogen-bond donors (Lipinski definition) is 1. The third kappa shape index (κ3) is 4.41. The number of likely N-dealkylation sites (tertiary alicyclic amines) is 1. The van der Waals surface area contributed by atoms with Gasteiger partial charge in [0.15, 0.2) is 0 Å². The Morgan fingerprint density at radius 2 is 2.22 bits per heavy atom. The average molecular weight is 277 g/mol. The summed E-state index contributed by atoms with van der Waals surface area (Å²) in [5, 5.41) is 3.19. The average Bonchev–Trinajstić information content (AvgIpc) is 2.79. The third-order valence-electron chi connectivity index (χ3n) is 3.81. The quantitative estimate of drug-likeness (QED) is 0.845. The molecule has 2 rings (SSSR count). The zero-order valence-electron chi connectivity index (χ0n) is 11.2. The van der Waals surface area contributed by atoms with Gasteiger partial charge in [-0.15, -0.1) is 12.4 Å². The first kappa shape index (κ1) is 15.7. The maximum Gasteiger partial charge on any atom is 0.225 e. The maximum atomic E-state index is 12.1. The SMILES string of the molecule is CNCC1CCN(C(=O)CC2CCCCO2)C1.Cl. The van der Waals surface area contributed by atoms with Gasteiger partial charge in [0, 0.05) is 19.7 Å². The van der Waals surface area contributed by atoms with Crippen molar-refractivity contribution in [1.82, 2.24) is 10.2 Å². The Morgan fingerprint density at radius 1 is 1.39 bits per heavy atom. The van der Waals surface area contributed by atoms with Crippen LogP contribution in [0.4, 0.5) is 0 Å². The molecule has 0 spiro atoms. The molecular weight excluding hydrogens is 252 g/mol. The molecule has 4 nitrogen and oxygen atoms in total. The molecule has 2 aliphatic heterocycles. The minimum Gasteiger partial charge on any atom is -0.378 e. The van der Waals surface area contributed by atoms with Gasteiger partial charge in [-0.25, -0.2) is 0 Å². The van der Waals surface area contributed by atoms with Gasteiger partial charge >= 0.3 is 0 Å². The summed E-state index contributed by atoms with van der Waals surface area (Å²) in [7, 11) is 1.97. The van der Waals surface area contributed by atoms with Crippen LogP contribution in [0.2, 0.25) is 0 Å². The molecule has 1 N–H and O–H groups in total. The number of ether oxygens (including phenoxy) is 1. The highest BCUT2D eigenvalue weighted by Gasteiger charge is 2.27. The van der Waals surface area contributed by atoms with Crippen LogP contribution in [0.1, 0.15) is 32.1 Å². The molecule has 0 radical (unpaired) electrons. The van der Waals surface area contributed by atoms with E-state index in [9.17, 15) is 4.79 Å². The lowest BCUT2D eigenvalue weighted by atomic mass is 10.1. The molecule has 2 saturated heterocycles. The normalized spacial score (nSPS) is 27.9. The van der Waals surface area contributed by atoms with E-state index in [4.69, 9.17) is 4.74 Å². The van der Waals surface area contributed by atoms with Crippen LogP contribution in [-0.4, -0.2) is 50.2 Å². The summed E-state index contributed by atoms with van der Waals surface area (Å²) in [5.74, 6) is 0.923. The predicted molar refractivity (Wildman–Crippen MR) is 74.1 cm³/mol. The molecule has 2 unspecified atom stereocenters. The van der Waals surface area contributed by atoms with Gasteiger partial charge in [0.1, 0.15) is 0 Å². The molecular formula is C13H25ClN2O2. The molecule has 0 aliphatic carbocycles. The molecule has 1 amide bonds. The fraction of sp³-hybridized carbons (Fsp3) is 0.923. The van der Waals surface area contributed by atoms with Gasteiger partial charge in [0.05, 0.1) is 12.5 Å². The van der Waals surface area contributed by atoms with Gasteiger partial charge in [0.2, 0.25) is 5.91 Å². The van der Waals surface area contributed by atoms with Crippen molar-refractivity contribution < 1.29 is 9.53 Å². The first-order chi connectivity index (χ1) is 8.29. The molecule has 0 aromatic heterocycles. The van der Waals surface area contributed by atoms with Crippen molar-refractivity contribution in [2.75, 3.05) is 33.3 Å². The number of nitrogens with one attached hydrogen (secondary N) is 1. The van der Waals surface area contributed by atoms with Crippen molar-refractivity contribution in [2.45, 2.75) is 38.2 Å². The van der Waals surface area contributed by atoms with E-state index in [2.05, 4.69) is 5.32 Å². The van der Waals surface area contributed by atoms with E-state index < -0.39 is 0 Å². The highest BCUT2D eigenvalue weighted by molar-refractivity contribution is 5.85. The van der Waals surface area contributed by atoms with Gasteiger partial charge in [-0.05, 0) is 45.2 Å². The number of nitrogens with zero attached hydrogens (tertiary/aromatic N) is 1. The molecule has 2 aliphatic rings. The number of amides is 1. The van der Waals surface area contributed by atoms with E-state index >= 15 is 0 Å². The highest BCUT2D eigenvalue weighted by Crippen LogP contribution is 2.20. The summed E-state index contributed by atoms with van der Waals surface area (Å²) < 4.78 is 5.62. The lowest BCUT2D eigenvalue weighted by Crippen LogP contribution is -2.34. The second-order valence-electron chi connectivity index (χ2n) is 5.24. The van der Waals surface area contributed by atoms with Crippen LogP contribution in [0.25, 0.3) is 0 Å². The van der Waals surface area contributed by atoms with Gasteiger partial charge in [0.25, 0.3) is 0 Å². The Kier molecular flexibility index (Phi) is 6.97. The highest BCUT2D eigenvalue weighted by atomic mass is 35.5. The van der Waals surface area contributed by atoms with E-state index in [1.54, 1.807) is 0 Å². The van der Waals surface area contributed by atoms with Crippen molar-refractivity contribution in [3.8, 4) is 0 Å². The van der Waals surface area contributed by atoms with E-state index in [1.807, 2.05) is 11.9 Å². The van der Waals surface area contributed by atoms with Crippen molar-refractivity contribution in [3.63, 3.8) is 0 Å². The molecule has 0 aromatic carbocycles. The Hall–Kier alpha value is -0.320. The van der Waals surface area contributed by atoms with Gasteiger partial charge in [-0.3, -0.25) is 4.79 Å². The molecule has 0 bridgehead atoms. The zero-order valence-corrected chi connectivity index (χ0v) is 12.0. The minimum atomic E-state index is 0. The lowest BCUT2D eigenvalue weighted by Gasteiger charge is -2.24. The maximum absolute atomic E-state index is 12.1. The first-order valence-electron chi connectivity index (χ1n) is 6.83. The zero-order chi connectivity index (χ0) is 12.1. The van der Waals surface area contributed by atoms with Crippen molar-refractivity contribution in [3.05, 3.63) is 0 Å². The number of carbonyl (C=O) groups is 1. The number of halogens is 1. The predicted octanol–water partition coefficient (Wildman–Crippen LogP) is 1.44. The molecule has 18 heavy (non-hydrogen) atoms. The van der Waals surface area contributed by atoms with E-state index in [-0.39, 0.29) is 24.4 Å². The van der Waals surface area contributed by atoms with Crippen LogP contribution in [0.5, 0.6) is 0 Å². The number of rotatable bonds is 4. The first-order valence-corrected chi connectivity index (χ1v) is 6.83. The van der Waals surface area contributed by atoms with Crippen molar-refractivity contribution >= 4 is 18.3 Å². The monoisotopic (exact) mass is 276 g/mol. The molecule has 0 aromatic rings. The van der Waals surface area contributed by atoms with E-state index in [0.717, 1.165) is 45.5 Å². The summed E-state index contributed by atoms with van der Waals surface area (Å²) in [4.78, 5) is 14.1. The topological polar surface area (TPSA) is 41.6 Å². The summed E-state index contributed by atoms with van der Waals surface area (Å²) >= 11 is 0. The van der Waals surface area contributed by atoms with Gasteiger partial charge < -0.3 is 15.0 Å². The fourth-order valence-corrected chi connectivity index (χ4v) is 2.81.